The maximum absolute atomic E-state index is 12.1. The van der Waals surface area contributed by atoms with Gasteiger partial charge in [0.25, 0.3) is 0 Å². The van der Waals surface area contributed by atoms with Gasteiger partial charge < -0.3 is 4.74 Å². The Morgan fingerprint density at radius 3 is 2.37 bits per heavy atom. The van der Waals surface area contributed by atoms with Gasteiger partial charge in [-0.15, -0.1) is 4.89 Å². The molecular formula is C12H22O6P+. The molecule has 0 amide bonds. The van der Waals surface area contributed by atoms with Crippen molar-refractivity contribution in [3.63, 3.8) is 0 Å². The molecule has 0 fully saturated rings. The lowest BCUT2D eigenvalue weighted by Gasteiger charge is -2.28. The van der Waals surface area contributed by atoms with Crippen molar-refractivity contribution in [3.8, 4) is 0 Å². The number of carbonyl (C=O) groups excluding carboxylic acids is 1. The zero-order valence-electron chi connectivity index (χ0n) is 12.0. The summed E-state index contributed by atoms with van der Waals surface area (Å²) < 4.78 is 19.2. The predicted molar refractivity (Wildman–Crippen MR) is 70.2 cm³/mol. The molecule has 0 radical (unpaired) electrons. The van der Waals surface area contributed by atoms with Gasteiger partial charge in [-0.2, -0.15) is 4.89 Å². The number of esters is 1. The molecule has 1 N–H and O–H groups in total. The molecule has 0 aromatic heterocycles. The third-order valence-electron chi connectivity index (χ3n) is 2.74. The highest BCUT2D eigenvalue weighted by Crippen LogP contribution is 2.31. The number of carbonyl (C=O) groups is 1. The molecular weight excluding hydrogens is 271 g/mol. The van der Waals surface area contributed by atoms with Gasteiger partial charge in [-0.1, -0.05) is 25.5 Å². The predicted octanol–water partition coefficient (Wildman–Crippen LogP) is 2.76. The first-order valence-electron chi connectivity index (χ1n) is 5.99. The van der Waals surface area contributed by atoms with Crippen LogP contribution in [0.2, 0.25) is 0 Å². The standard InChI is InChI=1S/C12H21O6P/c1-9(2)8-12(5,10(3)4)11(13)16-6-7-17-18-19(14)15/h8,10H,6-7H2,1-5H3/p+1. The van der Waals surface area contributed by atoms with Crippen molar-refractivity contribution in [2.75, 3.05) is 13.2 Å². The van der Waals surface area contributed by atoms with E-state index in [1.807, 2.05) is 40.7 Å². The first kappa shape index (κ1) is 18.2. The van der Waals surface area contributed by atoms with E-state index in [-0.39, 0.29) is 25.1 Å². The van der Waals surface area contributed by atoms with E-state index >= 15 is 0 Å². The number of hydrogen-bond acceptors (Lipinski definition) is 5. The Morgan fingerprint density at radius 2 is 1.95 bits per heavy atom. The van der Waals surface area contributed by atoms with Crippen LogP contribution in [0.5, 0.6) is 0 Å². The molecule has 0 aliphatic carbocycles. The van der Waals surface area contributed by atoms with Gasteiger partial charge in [-0.05, 0) is 26.7 Å². The Balaban J connectivity index is 4.36. The Morgan fingerprint density at radius 1 is 1.37 bits per heavy atom. The van der Waals surface area contributed by atoms with E-state index in [1.165, 1.54) is 0 Å². The molecule has 0 aliphatic heterocycles. The van der Waals surface area contributed by atoms with Gasteiger partial charge in [0.2, 0.25) is 0 Å². The minimum absolute atomic E-state index is 0.0408. The Labute approximate surface area is 114 Å². The third kappa shape index (κ3) is 6.78. The molecule has 0 saturated carbocycles. The number of ether oxygens (including phenoxy) is 1. The highest BCUT2D eigenvalue weighted by Gasteiger charge is 2.35. The minimum Gasteiger partial charge on any atom is -0.462 e. The van der Waals surface area contributed by atoms with E-state index in [0.717, 1.165) is 5.57 Å². The molecule has 0 spiro atoms. The average Bonchev–Trinajstić information content (AvgIpc) is 2.26. The second-order valence-corrected chi connectivity index (χ2v) is 5.55. The highest BCUT2D eigenvalue weighted by atomic mass is 31.1. The molecule has 0 heterocycles. The summed E-state index contributed by atoms with van der Waals surface area (Å²) in [6, 6.07) is 0. The van der Waals surface area contributed by atoms with Crippen molar-refractivity contribution in [2.24, 2.45) is 11.3 Å². The average molecular weight is 293 g/mol. The van der Waals surface area contributed by atoms with Crippen LogP contribution in [0.3, 0.4) is 0 Å². The lowest BCUT2D eigenvalue weighted by atomic mass is 9.78. The summed E-state index contributed by atoms with van der Waals surface area (Å²) in [5, 5.41) is 0. The summed E-state index contributed by atoms with van der Waals surface area (Å²) in [6.45, 7) is 9.39. The number of rotatable bonds is 8. The van der Waals surface area contributed by atoms with Crippen LogP contribution in [-0.2, 0) is 23.7 Å². The fraction of sp³-hybridized carbons (Fsp3) is 0.750. The van der Waals surface area contributed by atoms with Crippen molar-refractivity contribution >= 4 is 14.2 Å². The summed E-state index contributed by atoms with van der Waals surface area (Å²) in [7, 11) is -2.80. The molecule has 19 heavy (non-hydrogen) atoms. The smallest absolute Gasteiger partial charge is 0.462 e. The van der Waals surface area contributed by atoms with Crippen LogP contribution in [0.15, 0.2) is 11.6 Å². The number of hydrogen-bond donors (Lipinski definition) is 1. The van der Waals surface area contributed by atoms with Gasteiger partial charge in [0.15, 0.2) is 0 Å². The molecule has 0 bridgehead atoms. The maximum atomic E-state index is 12.1. The largest absolute Gasteiger partial charge is 0.725 e. The summed E-state index contributed by atoms with van der Waals surface area (Å²) in [4.78, 5) is 24.8. The molecule has 6 nitrogen and oxygen atoms in total. The fourth-order valence-corrected chi connectivity index (χ4v) is 1.63. The monoisotopic (exact) mass is 293 g/mol. The first-order chi connectivity index (χ1) is 8.70. The molecule has 2 atom stereocenters. The minimum atomic E-state index is -2.80. The summed E-state index contributed by atoms with van der Waals surface area (Å²) in [5.74, 6) is -0.278. The molecule has 110 valence electrons. The van der Waals surface area contributed by atoms with Gasteiger partial charge in [0.05, 0.1) is 10.1 Å². The summed E-state index contributed by atoms with van der Waals surface area (Å²) >= 11 is 0. The van der Waals surface area contributed by atoms with Gasteiger partial charge >= 0.3 is 14.2 Å². The van der Waals surface area contributed by atoms with Crippen LogP contribution in [-0.4, -0.2) is 24.1 Å². The molecule has 0 aliphatic rings. The third-order valence-corrected chi connectivity index (χ3v) is 2.98. The van der Waals surface area contributed by atoms with Crippen LogP contribution in [0.1, 0.15) is 34.6 Å². The zero-order chi connectivity index (χ0) is 15.1. The second kappa shape index (κ2) is 8.38. The van der Waals surface area contributed by atoms with Crippen molar-refractivity contribution in [3.05, 3.63) is 11.6 Å². The lowest BCUT2D eigenvalue weighted by molar-refractivity contribution is -0.217. The summed E-state index contributed by atoms with van der Waals surface area (Å²) in [6.07, 6.45) is 1.88. The lowest BCUT2D eigenvalue weighted by Crippen LogP contribution is -2.34. The van der Waals surface area contributed by atoms with Gasteiger partial charge in [-0.3, -0.25) is 4.79 Å². The highest BCUT2D eigenvalue weighted by molar-refractivity contribution is 7.31. The van der Waals surface area contributed by atoms with Crippen LogP contribution in [0.4, 0.5) is 0 Å². The van der Waals surface area contributed by atoms with Gasteiger partial charge in [0, 0.05) is 4.57 Å². The molecule has 0 rings (SSSR count). The van der Waals surface area contributed by atoms with E-state index < -0.39 is 13.7 Å². The van der Waals surface area contributed by atoms with Crippen LogP contribution < -0.4 is 0 Å². The maximum Gasteiger partial charge on any atom is 0.725 e. The van der Waals surface area contributed by atoms with Crippen molar-refractivity contribution in [2.45, 2.75) is 34.6 Å². The molecule has 0 aromatic rings. The van der Waals surface area contributed by atoms with E-state index in [0.29, 0.717) is 0 Å². The molecule has 2 unspecified atom stereocenters. The zero-order valence-corrected chi connectivity index (χ0v) is 12.9. The second-order valence-electron chi connectivity index (χ2n) is 4.93. The van der Waals surface area contributed by atoms with E-state index in [2.05, 4.69) is 9.56 Å². The van der Waals surface area contributed by atoms with E-state index in [4.69, 9.17) is 9.63 Å². The Hall–Kier alpha value is -0.810. The first-order valence-corrected chi connectivity index (χ1v) is 7.12. The molecule has 0 aromatic carbocycles. The van der Waals surface area contributed by atoms with Crippen molar-refractivity contribution < 1.29 is 28.6 Å². The van der Waals surface area contributed by atoms with Crippen LogP contribution >= 0.6 is 8.25 Å². The van der Waals surface area contributed by atoms with E-state index in [9.17, 15) is 9.36 Å². The van der Waals surface area contributed by atoms with Gasteiger partial charge in [-0.25, -0.2) is 0 Å². The fourth-order valence-electron chi connectivity index (χ4n) is 1.47. The molecule has 7 heteroatoms. The normalized spacial score (nSPS) is 14.8. The Bertz CT molecular complexity index is 348. The van der Waals surface area contributed by atoms with E-state index in [1.54, 1.807) is 0 Å². The van der Waals surface area contributed by atoms with Gasteiger partial charge in [0.1, 0.15) is 13.2 Å². The molecule has 0 saturated heterocycles. The quantitative estimate of drug-likeness (QED) is 0.185. The Kier molecular flexibility index (Phi) is 8.02. The van der Waals surface area contributed by atoms with Crippen molar-refractivity contribution in [1.82, 2.24) is 0 Å². The SMILES string of the molecule is CC(C)=CC(C)(C(=O)OCCOO[P+](=O)O)C(C)C. The van der Waals surface area contributed by atoms with Crippen molar-refractivity contribution in [1.29, 1.82) is 0 Å². The van der Waals surface area contributed by atoms with Crippen LogP contribution in [0, 0.1) is 11.3 Å². The topological polar surface area (TPSA) is 82.1 Å². The summed E-state index contributed by atoms with van der Waals surface area (Å²) in [5.41, 5.74) is 0.326. The number of allylic oxidation sites excluding steroid dienone is 1. The van der Waals surface area contributed by atoms with Crippen LogP contribution in [0.25, 0.3) is 0 Å².